The molecule has 0 aliphatic carbocycles. The summed E-state index contributed by atoms with van der Waals surface area (Å²) in [6.07, 6.45) is 0. The molecule has 0 aliphatic heterocycles. The van der Waals surface area contributed by atoms with Gasteiger partial charge in [-0.15, -0.1) is 0 Å². The van der Waals surface area contributed by atoms with E-state index in [0.717, 1.165) is 16.9 Å². The molecule has 1 N–H and O–H groups in total. The molecule has 0 aliphatic rings. The van der Waals surface area contributed by atoms with Crippen molar-refractivity contribution >= 4 is 46.2 Å². The van der Waals surface area contributed by atoms with Crippen LogP contribution < -0.4 is 10.2 Å². The number of hydrogen-bond acceptors (Lipinski definition) is 2. The second-order valence-corrected chi connectivity index (χ2v) is 6.29. The monoisotopic (exact) mass is 342 g/mol. The van der Waals surface area contributed by atoms with Gasteiger partial charge in [0, 0.05) is 19.1 Å². The lowest BCUT2D eigenvalue weighted by Gasteiger charge is -2.23. The van der Waals surface area contributed by atoms with E-state index in [0.29, 0.717) is 15.1 Å². The van der Waals surface area contributed by atoms with Crippen LogP contribution in [0.15, 0.2) is 36.4 Å². The van der Waals surface area contributed by atoms with Gasteiger partial charge >= 0.3 is 0 Å². The maximum Gasteiger partial charge on any atom is 0.0644 e. The Balaban J connectivity index is 2.33. The predicted octanol–water partition coefficient (Wildman–Crippen LogP) is 5.89. The molecule has 2 nitrogen and oxygen atoms in total. The fourth-order valence-corrected chi connectivity index (χ4v) is 2.82. The maximum atomic E-state index is 6.28. The molecule has 0 radical (unpaired) electrons. The van der Waals surface area contributed by atoms with Crippen molar-refractivity contribution in [2.24, 2.45) is 0 Å². The normalized spacial score (nSPS) is 12.1. The molecule has 0 spiro atoms. The van der Waals surface area contributed by atoms with Crippen molar-refractivity contribution in [3.63, 3.8) is 0 Å². The van der Waals surface area contributed by atoms with Crippen LogP contribution in [0, 0.1) is 0 Å². The molecule has 1 unspecified atom stereocenters. The van der Waals surface area contributed by atoms with Crippen molar-refractivity contribution in [1.29, 1.82) is 0 Å². The Bertz CT molecular complexity index is 641. The zero-order valence-electron chi connectivity index (χ0n) is 12.1. The molecule has 0 saturated heterocycles. The second-order valence-electron chi connectivity index (χ2n) is 5.06. The minimum atomic E-state index is 0.00775. The average molecular weight is 344 g/mol. The lowest BCUT2D eigenvalue weighted by Crippen LogP contribution is -2.14. The SMILES string of the molecule is CC(Nc1cc(Cl)ccc1N(C)C)c1cccc(Cl)c1Cl. The third kappa shape index (κ3) is 3.76. The van der Waals surface area contributed by atoms with Gasteiger partial charge in [-0.05, 0) is 36.8 Å². The highest BCUT2D eigenvalue weighted by atomic mass is 35.5. The molecule has 112 valence electrons. The van der Waals surface area contributed by atoms with E-state index in [1.807, 2.05) is 56.3 Å². The topological polar surface area (TPSA) is 15.3 Å². The molecular formula is C16H17Cl3N2. The van der Waals surface area contributed by atoms with Gasteiger partial charge in [-0.25, -0.2) is 0 Å². The van der Waals surface area contributed by atoms with E-state index < -0.39 is 0 Å². The van der Waals surface area contributed by atoms with Crippen LogP contribution in [0.2, 0.25) is 15.1 Å². The smallest absolute Gasteiger partial charge is 0.0644 e. The highest BCUT2D eigenvalue weighted by molar-refractivity contribution is 6.42. The lowest BCUT2D eigenvalue weighted by molar-refractivity contribution is 0.883. The average Bonchev–Trinajstić information content (AvgIpc) is 2.41. The molecule has 0 heterocycles. The van der Waals surface area contributed by atoms with Crippen LogP contribution in [0.3, 0.4) is 0 Å². The van der Waals surface area contributed by atoms with Crippen LogP contribution in [-0.2, 0) is 0 Å². The molecule has 0 fully saturated rings. The van der Waals surface area contributed by atoms with Crippen molar-refractivity contribution in [1.82, 2.24) is 0 Å². The zero-order valence-corrected chi connectivity index (χ0v) is 14.4. The lowest BCUT2D eigenvalue weighted by atomic mass is 10.1. The van der Waals surface area contributed by atoms with Gasteiger partial charge in [-0.1, -0.05) is 46.9 Å². The summed E-state index contributed by atoms with van der Waals surface area (Å²) in [6, 6.07) is 11.4. The van der Waals surface area contributed by atoms with Gasteiger partial charge in [0.25, 0.3) is 0 Å². The van der Waals surface area contributed by atoms with Crippen LogP contribution in [0.25, 0.3) is 0 Å². The Morgan fingerprint density at radius 3 is 2.43 bits per heavy atom. The van der Waals surface area contributed by atoms with E-state index in [1.165, 1.54) is 0 Å². The van der Waals surface area contributed by atoms with Gasteiger partial charge in [-0.3, -0.25) is 0 Å². The second kappa shape index (κ2) is 6.78. The van der Waals surface area contributed by atoms with Crippen LogP contribution in [0.1, 0.15) is 18.5 Å². The quantitative estimate of drug-likeness (QED) is 0.745. The van der Waals surface area contributed by atoms with Crippen molar-refractivity contribution in [3.05, 3.63) is 57.0 Å². The number of hydrogen-bond donors (Lipinski definition) is 1. The molecule has 1 atom stereocenters. The minimum Gasteiger partial charge on any atom is -0.377 e. The summed E-state index contributed by atoms with van der Waals surface area (Å²) < 4.78 is 0. The molecule has 2 aromatic rings. The van der Waals surface area contributed by atoms with Crippen LogP contribution in [0.5, 0.6) is 0 Å². The Morgan fingerprint density at radius 1 is 1.05 bits per heavy atom. The molecule has 0 amide bonds. The Kier molecular flexibility index (Phi) is 5.26. The number of benzene rings is 2. The van der Waals surface area contributed by atoms with Gasteiger partial charge in [-0.2, -0.15) is 0 Å². The Labute approximate surface area is 140 Å². The van der Waals surface area contributed by atoms with E-state index in [2.05, 4.69) is 5.32 Å². The Hall–Kier alpha value is -1.09. The number of nitrogens with zero attached hydrogens (tertiary/aromatic N) is 1. The number of rotatable bonds is 4. The van der Waals surface area contributed by atoms with Crippen LogP contribution in [-0.4, -0.2) is 14.1 Å². The van der Waals surface area contributed by atoms with Crippen molar-refractivity contribution in [3.8, 4) is 0 Å². The number of nitrogens with one attached hydrogen (secondary N) is 1. The third-order valence-corrected chi connectivity index (χ3v) is 4.33. The summed E-state index contributed by atoms with van der Waals surface area (Å²) in [5.41, 5.74) is 2.97. The largest absolute Gasteiger partial charge is 0.377 e. The highest BCUT2D eigenvalue weighted by Gasteiger charge is 2.14. The first kappa shape index (κ1) is 16.3. The van der Waals surface area contributed by atoms with Crippen LogP contribution >= 0.6 is 34.8 Å². The van der Waals surface area contributed by atoms with Gasteiger partial charge in [0.1, 0.15) is 0 Å². The Morgan fingerprint density at radius 2 is 1.76 bits per heavy atom. The van der Waals surface area contributed by atoms with E-state index in [4.69, 9.17) is 34.8 Å². The van der Waals surface area contributed by atoms with Crippen molar-refractivity contribution in [2.75, 3.05) is 24.3 Å². The fraction of sp³-hybridized carbons (Fsp3) is 0.250. The van der Waals surface area contributed by atoms with E-state index in [1.54, 1.807) is 6.07 Å². The molecule has 2 aromatic carbocycles. The molecule has 21 heavy (non-hydrogen) atoms. The van der Waals surface area contributed by atoms with Gasteiger partial charge in [0.2, 0.25) is 0 Å². The van der Waals surface area contributed by atoms with Gasteiger partial charge in [0.05, 0.1) is 27.5 Å². The first-order valence-electron chi connectivity index (χ1n) is 6.57. The third-order valence-electron chi connectivity index (χ3n) is 3.26. The van der Waals surface area contributed by atoms with Crippen molar-refractivity contribution in [2.45, 2.75) is 13.0 Å². The summed E-state index contributed by atoms with van der Waals surface area (Å²) in [7, 11) is 3.98. The molecule has 2 rings (SSSR count). The molecule has 5 heteroatoms. The number of anilines is 2. The van der Waals surface area contributed by atoms with Gasteiger partial charge < -0.3 is 10.2 Å². The minimum absolute atomic E-state index is 0.00775. The van der Waals surface area contributed by atoms with E-state index in [-0.39, 0.29) is 6.04 Å². The molecule has 0 bridgehead atoms. The highest BCUT2D eigenvalue weighted by Crippen LogP contribution is 2.34. The first-order chi connectivity index (χ1) is 9.90. The van der Waals surface area contributed by atoms with E-state index in [9.17, 15) is 0 Å². The summed E-state index contributed by atoms with van der Waals surface area (Å²) in [6.45, 7) is 2.04. The molecule has 0 saturated carbocycles. The van der Waals surface area contributed by atoms with Gasteiger partial charge in [0.15, 0.2) is 0 Å². The van der Waals surface area contributed by atoms with Crippen LogP contribution in [0.4, 0.5) is 11.4 Å². The number of halogens is 3. The summed E-state index contributed by atoms with van der Waals surface area (Å²) in [4.78, 5) is 2.03. The zero-order chi connectivity index (χ0) is 15.6. The molecule has 0 aromatic heterocycles. The standard InChI is InChI=1S/C16H17Cl3N2/c1-10(12-5-4-6-13(18)16(12)19)20-14-9-11(17)7-8-15(14)21(2)3/h4-10,20H,1-3H3. The maximum absolute atomic E-state index is 6.28. The molecular weight excluding hydrogens is 327 g/mol. The summed E-state index contributed by atoms with van der Waals surface area (Å²) in [5.74, 6) is 0. The van der Waals surface area contributed by atoms with Crippen molar-refractivity contribution < 1.29 is 0 Å². The van der Waals surface area contributed by atoms with E-state index >= 15 is 0 Å². The summed E-state index contributed by atoms with van der Waals surface area (Å²) >= 11 is 18.5. The predicted molar refractivity (Wildman–Crippen MR) is 94.3 cm³/mol. The summed E-state index contributed by atoms with van der Waals surface area (Å²) in [5, 5.41) is 5.27. The first-order valence-corrected chi connectivity index (χ1v) is 7.71. The fourth-order valence-electron chi connectivity index (χ4n) is 2.18.